The number of nitrogens with one attached hydrogen (secondary N) is 1. The molecule has 1 unspecified atom stereocenters. The monoisotopic (exact) mass is 223 g/mol. The Morgan fingerprint density at radius 3 is 3.00 bits per heavy atom. The lowest BCUT2D eigenvalue weighted by atomic mass is 9.90. The van der Waals surface area contributed by atoms with Crippen LogP contribution in [0.3, 0.4) is 0 Å². The number of ether oxygens (including phenoxy) is 1. The predicted octanol–water partition coefficient (Wildman–Crippen LogP) is 3.22. The lowest BCUT2D eigenvalue weighted by Gasteiger charge is -2.27. The fourth-order valence-electron chi connectivity index (χ4n) is 2.40. The van der Waals surface area contributed by atoms with Crippen molar-refractivity contribution in [1.82, 2.24) is 0 Å². The van der Waals surface area contributed by atoms with Gasteiger partial charge in [0.05, 0.1) is 12.8 Å². The molecule has 0 fully saturated rings. The average molecular weight is 223 g/mol. The van der Waals surface area contributed by atoms with Gasteiger partial charge in [-0.05, 0) is 30.4 Å². The number of halogens is 1. The molecule has 0 radical (unpaired) electrons. The van der Waals surface area contributed by atoms with Crippen LogP contribution in [0.5, 0.6) is 5.75 Å². The van der Waals surface area contributed by atoms with E-state index in [1.807, 2.05) is 0 Å². The van der Waals surface area contributed by atoms with Gasteiger partial charge in [0, 0.05) is 12.6 Å². The normalized spacial score (nSPS) is 18.8. The molecule has 3 heteroatoms. The van der Waals surface area contributed by atoms with E-state index in [9.17, 15) is 4.39 Å². The largest absolute Gasteiger partial charge is 0.494 e. The molecule has 0 spiro atoms. The number of methoxy groups -OCH3 is 1. The first kappa shape index (κ1) is 11.2. The topological polar surface area (TPSA) is 21.3 Å². The fraction of sp³-hybridized carbons (Fsp3) is 0.538. The van der Waals surface area contributed by atoms with Crippen molar-refractivity contribution in [2.24, 2.45) is 5.92 Å². The summed E-state index contributed by atoms with van der Waals surface area (Å²) in [5.41, 5.74) is 2.01. The lowest BCUT2D eigenvalue weighted by Crippen LogP contribution is -2.23. The van der Waals surface area contributed by atoms with Crippen LogP contribution < -0.4 is 10.1 Å². The smallest absolute Gasteiger partial charge is 0.145 e. The van der Waals surface area contributed by atoms with Gasteiger partial charge >= 0.3 is 0 Å². The first-order valence-electron chi connectivity index (χ1n) is 5.85. The van der Waals surface area contributed by atoms with E-state index in [1.54, 1.807) is 13.2 Å². The molecule has 16 heavy (non-hydrogen) atoms. The zero-order valence-electron chi connectivity index (χ0n) is 9.85. The van der Waals surface area contributed by atoms with Crippen molar-refractivity contribution < 1.29 is 9.13 Å². The van der Waals surface area contributed by atoms with E-state index in [1.165, 1.54) is 18.9 Å². The van der Waals surface area contributed by atoms with Crippen molar-refractivity contribution in [3.05, 3.63) is 23.5 Å². The summed E-state index contributed by atoms with van der Waals surface area (Å²) in [6, 6.07) is 3.05. The molecule has 1 aliphatic rings. The minimum absolute atomic E-state index is 0.213. The number of benzene rings is 1. The average Bonchev–Trinajstić information content (AvgIpc) is 2.27. The fourth-order valence-corrected chi connectivity index (χ4v) is 2.40. The van der Waals surface area contributed by atoms with Crippen LogP contribution in [0.15, 0.2) is 12.1 Å². The van der Waals surface area contributed by atoms with Crippen LogP contribution in [0.25, 0.3) is 0 Å². The van der Waals surface area contributed by atoms with Gasteiger partial charge in [-0.15, -0.1) is 0 Å². The Morgan fingerprint density at radius 2 is 2.31 bits per heavy atom. The van der Waals surface area contributed by atoms with Gasteiger partial charge in [0.15, 0.2) is 0 Å². The van der Waals surface area contributed by atoms with Crippen molar-refractivity contribution in [2.75, 3.05) is 19.0 Å². The standard InChI is InChI=1S/C13H18FNO/c1-3-4-9-5-10-6-11(14)7-12(16-2)13(10)15-8-9/h6-7,9,15H,3-5,8H2,1-2H3. The molecule has 0 saturated carbocycles. The maximum atomic E-state index is 13.3. The van der Waals surface area contributed by atoms with E-state index in [0.29, 0.717) is 11.7 Å². The van der Waals surface area contributed by atoms with E-state index in [0.717, 1.165) is 24.2 Å². The van der Waals surface area contributed by atoms with Crippen LogP contribution in [0.1, 0.15) is 25.3 Å². The molecule has 2 nitrogen and oxygen atoms in total. The summed E-state index contributed by atoms with van der Waals surface area (Å²) in [6.45, 7) is 3.14. The number of anilines is 1. The van der Waals surface area contributed by atoms with Crippen LogP contribution >= 0.6 is 0 Å². The highest BCUT2D eigenvalue weighted by Crippen LogP contribution is 2.35. The van der Waals surface area contributed by atoms with Crippen molar-refractivity contribution in [2.45, 2.75) is 26.2 Å². The maximum absolute atomic E-state index is 13.3. The molecule has 0 bridgehead atoms. The highest BCUT2D eigenvalue weighted by atomic mass is 19.1. The number of fused-ring (bicyclic) bond motifs is 1. The van der Waals surface area contributed by atoms with E-state index >= 15 is 0 Å². The molecule has 1 aromatic carbocycles. The summed E-state index contributed by atoms with van der Waals surface area (Å²) in [4.78, 5) is 0. The van der Waals surface area contributed by atoms with Crippen LogP contribution in [-0.4, -0.2) is 13.7 Å². The zero-order chi connectivity index (χ0) is 11.5. The zero-order valence-corrected chi connectivity index (χ0v) is 9.85. The Labute approximate surface area is 95.8 Å². The van der Waals surface area contributed by atoms with Gasteiger partial charge in [-0.1, -0.05) is 13.3 Å². The van der Waals surface area contributed by atoms with E-state index in [2.05, 4.69) is 12.2 Å². The first-order chi connectivity index (χ1) is 7.74. The van der Waals surface area contributed by atoms with Crippen molar-refractivity contribution in [3.63, 3.8) is 0 Å². The Bertz CT molecular complexity index is 378. The third-order valence-electron chi connectivity index (χ3n) is 3.14. The molecular formula is C13H18FNO. The molecule has 1 heterocycles. The molecule has 88 valence electrons. The number of hydrogen-bond donors (Lipinski definition) is 1. The summed E-state index contributed by atoms with van der Waals surface area (Å²) >= 11 is 0. The van der Waals surface area contributed by atoms with Crippen molar-refractivity contribution in [3.8, 4) is 5.75 Å². The van der Waals surface area contributed by atoms with Gasteiger partial charge in [0.2, 0.25) is 0 Å². The van der Waals surface area contributed by atoms with Gasteiger partial charge in [0.25, 0.3) is 0 Å². The SMILES string of the molecule is CCCC1CNc2c(cc(F)cc2OC)C1. The quantitative estimate of drug-likeness (QED) is 0.849. The second-order valence-electron chi connectivity index (χ2n) is 4.38. The van der Waals surface area contributed by atoms with Gasteiger partial charge in [-0.3, -0.25) is 0 Å². The van der Waals surface area contributed by atoms with E-state index < -0.39 is 0 Å². The molecule has 0 aliphatic carbocycles. The first-order valence-corrected chi connectivity index (χ1v) is 5.85. The third-order valence-corrected chi connectivity index (χ3v) is 3.14. The summed E-state index contributed by atoms with van der Waals surface area (Å²) in [6.07, 6.45) is 3.31. The van der Waals surface area contributed by atoms with Crippen LogP contribution in [-0.2, 0) is 6.42 Å². The summed E-state index contributed by atoms with van der Waals surface area (Å²) in [5, 5.41) is 3.35. The van der Waals surface area contributed by atoms with Crippen molar-refractivity contribution >= 4 is 5.69 Å². The predicted molar refractivity (Wildman–Crippen MR) is 63.5 cm³/mol. The minimum atomic E-state index is -0.213. The molecule has 0 amide bonds. The molecule has 1 aliphatic heterocycles. The molecule has 0 aromatic heterocycles. The van der Waals surface area contributed by atoms with Gasteiger partial charge in [0.1, 0.15) is 11.6 Å². The lowest BCUT2D eigenvalue weighted by molar-refractivity contribution is 0.407. The number of hydrogen-bond acceptors (Lipinski definition) is 2. The maximum Gasteiger partial charge on any atom is 0.145 e. The van der Waals surface area contributed by atoms with E-state index in [4.69, 9.17) is 4.74 Å². The second-order valence-corrected chi connectivity index (χ2v) is 4.38. The van der Waals surface area contributed by atoms with E-state index in [-0.39, 0.29) is 5.82 Å². The Morgan fingerprint density at radius 1 is 1.50 bits per heavy atom. The van der Waals surface area contributed by atoms with Crippen molar-refractivity contribution in [1.29, 1.82) is 0 Å². The summed E-state index contributed by atoms with van der Waals surface area (Å²) < 4.78 is 18.5. The number of rotatable bonds is 3. The molecular weight excluding hydrogens is 205 g/mol. The summed E-state index contributed by atoms with van der Waals surface area (Å²) in [5.74, 6) is 1.02. The molecule has 0 saturated heterocycles. The minimum Gasteiger partial charge on any atom is -0.494 e. The Kier molecular flexibility index (Phi) is 3.32. The van der Waals surface area contributed by atoms with Crippen LogP contribution in [0.4, 0.5) is 10.1 Å². The van der Waals surface area contributed by atoms with Gasteiger partial charge in [-0.2, -0.15) is 0 Å². The van der Waals surface area contributed by atoms with Crippen LogP contribution in [0, 0.1) is 11.7 Å². The van der Waals surface area contributed by atoms with Gasteiger partial charge in [-0.25, -0.2) is 4.39 Å². The highest BCUT2D eigenvalue weighted by molar-refractivity contribution is 5.63. The Hall–Kier alpha value is -1.25. The second kappa shape index (κ2) is 4.73. The summed E-state index contributed by atoms with van der Waals surface area (Å²) in [7, 11) is 1.58. The molecule has 2 rings (SSSR count). The van der Waals surface area contributed by atoms with Crippen LogP contribution in [0.2, 0.25) is 0 Å². The Balaban J connectivity index is 2.27. The molecule has 1 atom stereocenters. The van der Waals surface area contributed by atoms with Gasteiger partial charge < -0.3 is 10.1 Å². The third kappa shape index (κ3) is 2.13. The highest BCUT2D eigenvalue weighted by Gasteiger charge is 2.21. The molecule has 1 N–H and O–H groups in total. The molecule has 1 aromatic rings.